The Kier molecular flexibility index (Phi) is 4.99. The average Bonchev–Trinajstić information content (AvgIpc) is 2.77. The van der Waals surface area contributed by atoms with Crippen LogP contribution in [-0.2, 0) is 17.2 Å². The van der Waals surface area contributed by atoms with Gasteiger partial charge in [-0.1, -0.05) is 0 Å². The van der Waals surface area contributed by atoms with E-state index in [9.17, 15) is 18.0 Å². The molecule has 0 spiro atoms. The van der Waals surface area contributed by atoms with Crippen molar-refractivity contribution in [1.29, 1.82) is 0 Å². The highest BCUT2D eigenvalue weighted by Gasteiger charge is 2.79. The van der Waals surface area contributed by atoms with E-state index in [0.717, 1.165) is 5.56 Å². The van der Waals surface area contributed by atoms with Crippen molar-refractivity contribution in [3.63, 3.8) is 0 Å². The molecule has 3 aromatic rings. The van der Waals surface area contributed by atoms with Crippen LogP contribution in [0.2, 0.25) is 0 Å². The molecule has 4 aliphatic rings. The second kappa shape index (κ2) is 7.71. The molecule has 0 aromatic carbocycles. The predicted molar refractivity (Wildman–Crippen MR) is 123 cm³/mol. The van der Waals surface area contributed by atoms with Crippen molar-refractivity contribution in [3.05, 3.63) is 51.5 Å². The number of halogens is 3. The van der Waals surface area contributed by atoms with Crippen molar-refractivity contribution in [1.82, 2.24) is 24.5 Å². The summed E-state index contributed by atoms with van der Waals surface area (Å²) in [6.45, 7) is 2.24. The van der Waals surface area contributed by atoms with Gasteiger partial charge in [-0.15, -0.1) is 0 Å². The summed E-state index contributed by atoms with van der Waals surface area (Å²) in [4.78, 5) is 30.6. The van der Waals surface area contributed by atoms with Crippen molar-refractivity contribution in [2.75, 3.05) is 13.7 Å². The highest BCUT2D eigenvalue weighted by atomic mass is 19.4. The molecule has 7 rings (SSSR count). The van der Waals surface area contributed by atoms with Gasteiger partial charge in [0.1, 0.15) is 17.0 Å². The predicted octanol–water partition coefficient (Wildman–Crippen LogP) is 4.05. The topological polar surface area (TPSA) is 92.0 Å². The number of rotatable bonds is 4. The van der Waals surface area contributed by atoms with E-state index in [0.29, 0.717) is 53.7 Å². The van der Waals surface area contributed by atoms with Crippen LogP contribution < -0.4 is 10.3 Å². The Labute approximate surface area is 204 Å². The molecule has 1 saturated heterocycles. The quantitative estimate of drug-likeness (QED) is 0.533. The van der Waals surface area contributed by atoms with E-state index < -0.39 is 17.0 Å². The van der Waals surface area contributed by atoms with Crippen molar-refractivity contribution in [3.8, 4) is 5.88 Å². The second-order valence-corrected chi connectivity index (χ2v) is 10.5. The number of pyridine rings is 1. The highest BCUT2D eigenvalue weighted by Crippen LogP contribution is 2.78. The number of hydrogen-bond acceptors (Lipinski definition) is 7. The molecule has 3 aliphatic carbocycles. The minimum Gasteiger partial charge on any atom is -0.480 e. The molecule has 2 atom stereocenters. The summed E-state index contributed by atoms with van der Waals surface area (Å²) >= 11 is 0. The normalized spacial score (nSPS) is 29.5. The van der Waals surface area contributed by atoms with E-state index >= 15 is 0 Å². The summed E-state index contributed by atoms with van der Waals surface area (Å²) in [6.07, 6.45) is -1.39. The fraction of sp³-hybridized carbons (Fsp3) is 0.560. The maximum absolute atomic E-state index is 13.6. The third-order valence-corrected chi connectivity index (χ3v) is 8.14. The largest absolute Gasteiger partial charge is 0.480 e. The lowest BCUT2D eigenvalue weighted by atomic mass is 9.34. The third-order valence-electron chi connectivity index (χ3n) is 8.14. The molecule has 8 nitrogen and oxygen atoms in total. The van der Waals surface area contributed by atoms with Gasteiger partial charge in [-0.05, 0) is 50.7 Å². The van der Waals surface area contributed by atoms with E-state index in [4.69, 9.17) is 19.4 Å². The maximum Gasteiger partial charge on any atom is 0.394 e. The van der Waals surface area contributed by atoms with E-state index in [2.05, 4.69) is 9.97 Å². The zero-order valence-corrected chi connectivity index (χ0v) is 20.2. The number of fused-ring (bicyclic) bond motifs is 1. The van der Waals surface area contributed by atoms with Gasteiger partial charge in [-0.3, -0.25) is 4.79 Å². The minimum atomic E-state index is -4.22. The van der Waals surface area contributed by atoms with Gasteiger partial charge in [0.15, 0.2) is 5.65 Å². The Morgan fingerprint density at radius 3 is 2.56 bits per heavy atom. The molecule has 3 aromatic heterocycles. The number of alkyl halides is 3. The summed E-state index contributed by atoms with van der Waals surface area (Å²) in [5, 5.41) is 0. The van der Waals surface area contributed by atoms with Crippen LogP contribution in [0.5, 0.6) is 5.88 Å². The van der Waals surface area contributed by atoms with Gasteiger partial charge in [0, 0.05) is 37.3 Å². The molecule has 1 aliphatic heterocycles. The zero-order chi connectivity index (χ0) is 25.5. The number of hydrogen-bond donors (Lipinski definition) is 0. The number of nitrogens with zero attached hydrogens (tertiary/aromatic N) is 5. The summed E-state index contributed by atoms with van der Waals surface area (Å²) in [6, 6.07) is 3.28. The molecule has 2 bridgehead atoms. The standard InChI is InChI=1S/C25H26F3N5O3/c1-13-22(35-3)30-18-19(23-10-24(11-23,12-23)25(26,27)28)31-20(32-21(18)29-13)14-6-7-36-16(8-14)15-4-5-17(34)33(2)9-15/h4-5,9,14,16H,6-8,10-12H2,1-3H3/t14-,16+,23?,24?/m0/s1. The summed E-state index contributed by atoms with van der Waals surface area (Å²) in [5.74, 6) is 0.801. The van der Waals surface area contributed by atoms with Gasteiger partial charge in [-0.2, -0.15) is 13.2 Å². The van der Waals surface area contributed by atoms with Crippen LogP contribution in [0.15, 0.2) is 23.1 Å². The van der Waals surface area contributed by atoms with Crippen LogP contribution >= 0.6 is 0 Å². The van der Waals surface area contributed by atoms with Gasteiger partial charge in [0.25, 0.3) is 0 Å². The van der Waals surface area contributed by atoms with Gasteiger partial charge in [0.2, 0.25) is 11.4 Å². The Bertz CT molecular complexity index is 1420. The molecule has 3 saturated carbocycles. The van der Waals surface area contributed by atoms with E-state index in [1.54, 1.807) is 26.2 Å². The molecule has 0 amide bonds. The number of aryl methyl sites for hydroxylation is 2. The molecular weight excluding hydrogens is 475 g/mol. The van der Waals surface area contributed by atoms with E-state index in [1.807, 2.05) is 0 Å². The molecule has 0 radical (unpaired) electrons. The Hall–Kier alpha value is -3.08. The Morgan fingerprint density at radius 2 is 1.89 bits per heavy atom. The van der Waals surface area contributed by atoms with Crippen LogP contribution in [0.1, 0.15) is 66.9 Å². The van der Waals surface area contributed by atoms with Crippen LogP contribution in [0, 0.1) is 12.3 Å². The first-order valence-corrected chi connectivity index (χ1v) is 12.0. The van der Waals surface area contributed by atoms with Gasteiger partial charge >= 0.3 is 6.18 Å². The Balaban J connectivity index is 1.39. The monoisotopic (exact) mass is 501 g/mol. The molecule has 36 heavy (non-hydrogen) atoms. The summed E-state index contributed by atoms with van der Waals surface area (Å²) in [5.41, 5.74) is 0.401. The molecule has 4 heterocycles. The van der Waals surface area contributed by atoms with Gasteiger partial charge in [0.05, 0.1) is 24.3 Å². The van der Waals surface area contributed by atoms with Crippen LogP contribution in [0.4, 0.5) is 13.2 Å². The van der Waals surface area contributed by atoms with Crippen LogP contribution in [0.3, 0.4) is 0 Å². The fourth-order valence-electron chi connectivity index (χ4n) is 6.18. The molecular formula is C25H26F3N5O3. The first-order valence-electron chi connectivity index (χ1n) is 12.0. The lowest BCUT2D eigenvalue weighted by molar-refractivity contribution is -0.337. The molecule has 11 heteroatoms. The van der Waals surface area contributed by atoms with Crippen LogP contribution in [0.25, 0.3) is 11.2 Å². The number of methoxy groups -OCH3 is 1. The minimum absolute atomic E-state index is 0.0152. The summed E-state index contributed by atoms with van der Waals surface area (Å²) < 4.78 is 53.7. The lowest BCUT2D eigenvalue weighted by Gasteiger charge is -2.70. The first-order chi connectivity index (χ1) is 17.0. The summed E-state index contributed by atoms with van der Waals surface area (Å²) in [7, 11) is 3.18. The lowest BCUT2D eigenvalue weighted by Crippen LogP contribution is -2.70. The van der Waals surface area contributed by atoms with Gasteiger partial charge in [-0.25, -0.2) is 19.9 Å². The maximum atomic E-state index is 13.6. The molecule has 190 valence electrons. The van der Waals surface area contributed by atoms with Gasteiger partial charge < -0.3 is 14.0 Å². The zero-order valence-electron chi connectivity index (χ0n) is 20.2. The molecule has 0 N–H and O–H groups in total. The smallest absolute Gasteiger partial charge is 0.394 e. The van der Waals surface area contributed by atoms with E-state index in [1.165, 1.54) is 17.7 Å². The third kappa shape index (κ3) is 3.35. The second-order valence-electron chi connectivity index (χ2n) is 10.5. The van der Waals surface area contributed by atoms with Crippen molar-refractivity contribution in [2.45, 2.75) is 62.6 Å². The highest BCUT2D eigenvalue weighted by molar-refractivity contribution is 5.76. The Morgan fingerprint density at radius 1 is 1.14 bits per heavy atom. The SMILES string of the molecule is COc1nc2c(C34CC(C(F)(F)F)(C3)C4)nc([C@H]3CCO[C@@H](c4ccc(=O)n(C)c4)C3)nc2nc1C. The molecule has 4 fully saturated rings. The average molecular weight is 502 g/mol. The van der Waals surface area contributed by atoms with Crippen molar-refractivity contribution >= 4 is 11.2 Å². The van der Waals surface area contributed by atoms with E-state index in [-0.39, 0.29) is 36.8 Å². The fourth-order valence-corrected chi connectivity index (χ4v) is 6.18. The van der Waals surface area contributed by atoms with Crippen molar-refractivity contribution < 1.29 is 22.6 Å². The number of ether oxygens (including phenoxy) is 2. The van der Waals surface area contributed by atoms with Crippen LogP contribution in [-0.4, -0.2) is 44.4 Å². The first kappa shape index (κ1) is 23.3. The number of aromatic nitrogens is 5. The molecule has 0 unspecified atom stereocenters. The van der Waals surface area contributed by atoms with Crippen molar-refractivity contribution in [2.24, 2.45) is 12.5 Å².